The molecule has 0 saturated carbocycles. The molecule has 0 spiro atoms. The van der Waals surface area contributed by atoms with Crippen LogP contribution in [0.15, 0.2) is 28.7 Å². The van der Waals surface area contributed by atoms with Gasteiger partial charge in [-0.1, -0.05) is 22.0 Å². The number of hydrogen-bond acceptors (Lipinski definition) is 3. The summed E-state index contributed by atoms with van der Waals surface area (Å²) in [7, 11) is 1.80. The van der Waals surface area contributed by atoms with Crippen LogP contribution in [-0.4, -0.2) is 38.5 Å². The first-order valence-corrected chi connectivity index (χ1v) is 6.88. The maximum atomic E-state index is 11.8. The van der Waals surface area contributed by atoms with E-state index < -0.39 is 0 Å². The molecule has 1 rings (SSSR count). The Labute approximate surface area is 133 Å². The molecular formula is C13H19BrClN3O2. The average Bonchev–Trinajstić information content (AvgIpc) is 2.41. The van der Waals surface area contributed by atoms with Crippen LogP contribution in [0.25, 0.3) is 0 Å². The van der Waals surface area contributed by atoms with Gasteiger partial charge in [-0.2, -0.15) is 0 Å². The van der Waals surface area contributed by atoms with Gasteiger partial charge < -0.3 is 16.0 Å². The zero-order valence-corrected chi connectivity index (χ0v) is 13.6. The van der Waals surface area contributed by atoms with E-state index in [4.69, 9.17) is 0 Å². The largest absolute Gasteiger partial charge is 0.354 e. The summed E-state index contributed by atoms with van der Waals surface area (Å²) in [5.41, 5.74) is 0.593. The van der Waals surface area contributed by atoms with E-state index in [-0.39, 0.29) is 24.2 Å². The predicted octanol–water partition coefficient (Wildman–Crippen LogP) is 1.33. The SMILES string of the molecule is CNCCC(=O)NCCNC(=O)c1cccc(Br)c1.Cl. The quantitative estimate of drug-likeness (QED) is 0.639. The standard InChI is InChI=1S/C13H18BrN3O2.ClH/c1-15-6-5-12(18)16-7-8-17-13(19)10-3-2-4-11(14)9-10;/h2-4,9,15H,5-8H2,1H3,(H,16,18)(H,17,19);1H. The molecule has 0 unspecified atom stereocenters. The van der Waals surface area contributed by atoms with Gasteiger partial charge in [0.15, 0.2) is 0 Å². The highest BCUT2D eigenvalue weighted by Gasteiger charge is 2.05. The Morgan fingerprint density at radius 2 is 1.85 bits per heavy atom. The number of nitrogens with one attached hydrogen (secondary N) is 3. The lowest BCUT2D eigenvalue weighted by Gasteiger charge is -2.07. The van der Waals surface area contributed by atoms with E-state index in [1.807, 2.05) is 6.07 Å². The predicted molar refractivity (Wildman–Crippen MR) is 85.3 cm³/mol. The van der Waals surface area contributed by atoms with Gasteiger partial charge in [0.05, 0.1) is 0 Å². The van der Waals surface area contributed by atoms with Crippen LogP contribution in [-0.2, 0) is 4.79 Å². The van der Waals surface area contributed by atoms with Crippen LogP contribution in [0.4, 0.5) is 0 Å². The van der Waals surface area contributed by atoms with Crippen molar-refractivity contribution in [2.45, 2.75) is 6.42 Å². The Bertz CT molecular complexity index is 443. The van der Waals surface area contributed by atoms with Crippen molar-refractivity contribution in [2.24, 2.45) is 0 Å². The molecule has 0 fully saturated rings. The Balaban J connectivity index is 0.00000361. The molecule has 0 aliphatic rings. The van der Waals surface area contributed by atoms with Crippen molar-refractivity contribution in [1.82, 2.24) is 16.0 Å². The second-order valence-corrected chi connectivity index (χ2v) is 4.89. The molecule has 0 bridgehead atoms. The maximum Gasteiger partial charge on any atom is 0.251 e. The highest BCUT2D eigenvalue weighted by atomic mass is 79.9. The van der Waals surface area contributed by atoms with Gasteiger partial charge >= 0.3 is 0 Å². The monoisotopic (exact) mass is 363 g/mol. The molecule has 0 saturated heterocycles. The van der Waals surface area contributed by atoms with Crippen LogP contribution in [0.5, 0.6) is 0 Å². The summed E-state index contributed by atoms with van der Waals surface area (Å²) in [6.07, 6.45) is 0.441. The second-order valence-electron chi connectivity index (χ2n) is 3.97. The molecule has 112 valence electrons. The number of benzene rings is 1. The highest BCUT2D eigenvalue weighted by Crippen LogP contribution is 2.11. The third-order valence-corrected chi connectivity index (χ3v) is 2.91. The number of carbonyl (C=O) groups is 2. The highest BCUT2D eigenvalue weighted by molar-refractivity contribution is 9.10. The van der Waals surface area contributed by atoms with E-state index in [2.05, 4.69) is 31.9 Å². The van der Waals surface area contributed by atoms with Crippen molar-refractivity contribution in [1.29, 1.82) is 0 Å². The van der Waals surface area contributed by atoms with E-state index in [0.717, 1.165) is 4.47 Å². The molecule has 3 N–H and O–H groups in total. The van der Waals surface area contributed by atoms with Crippen LogP contribution in [0, 0.1) is 0 Å². The van der Waals surface area contributed by atoms with Crippen LogP contribution in [0.1, 0.15) is 16.8 Å². The number of hydrogen-bond donors (Lipinski definition) is 3. The second kappa shape index (κ2) is 10.7. The lowest BCUT2D eigenvalue weighted by Crippen LogP contribution is -2.35. The molecule has 20 heavy (non-hydrogen) atoms. The number of amides is 2. The summed E-state index contributed by atoms with van der Waals surface area (Å²) < 4.78 is 0.862. The normalized spacial score (nSPS) is 9.50. The molecule has 0 atom stereocenters. The van der Waals surface area contributed by atoms with E-state index >= 15 is 0 Å². The fourth-order valence-electron chi connectivity index (χ4n) is 1.44. The summed E-state index contributed by atoms with van der Waals surface area (Å²) in [6.45, 7) is 1.50. The van der Waals surface area contributed by atoms with Crippen LogP contribution < -0.4 is 16.0 Å². The Kier molecular flexibility index (Phi) is 10.1. The molecule has 0 radical (unpaired) electrons. The molecule has 7 heteroatoms. The van der Waals surface area contributed by atoms with Crippen molar-refractivity contribution in [3.63, 3.8) is 0 Å². The van der Waals surface area contributed by atoms with Crippen LogP contribution >= 0.6 is 28.3 Å². The van der Waals surface area contributed by atoms with Gasteiger partial charge in [0.1, 0.15) is 0 Å². The first-order valence-electron chi connectivity index (χ1n) is 6.08. The van der Waals surface area contributed by atoms with Gasteiger partial charge in [-0.3, -0.25) is 9.59 Å². The molecule has 0 aromatic heterocycles. The lowest BCUT2D eigenvalue weighted by molar-refractivity contribution is -0.120. The van der Waals surface area contributed by atoms with Crippen LogP contribution in [0.3, 0.4) is 0 Å². The minimum atomic E-state index is -0.147. The summed E-state index contributed by atoms with van der Waals surface area (Å²) in [4.78, 5) is 23.1. The number of halogens is 2. The third kappa shape index (κ3) is 7.47. The molecule has 1 aromatic carbocycles. The molecule has 2 amide bonds. The van der Waals surface area contributed by atoms with E-state index in [1.165, 1.54) is 0 Å². The van der Waals surface area contributed by atoms with E-state index in [1.54, 1.807) is 25.2 Å². The molecule has 5 nitrogen and oxygen atoms in total. The summed E-state index contributed by atoms with van der Waals surface area (Å²) >= 11 is 3.31. The van der Waals surface area contributed by atoms with Gasteiger partial charge in [0.2, 0.25) is 5.91 Å². The smallest absolute Gasteiger partial charge is 0.251 e. The minimum Gasteiger partial charge on any atom is -0.354 e. The number of rotatable bonds is 7. The van der Waals surface area contributed by atoms with Crippen LogP contribution in [0.2, 0.25) is 0 Å². The van der Waals surface area contributed by atoms with E-state index in [9.17, 15) is 9.59 Å². The Morgan fingerprint density at radius 1 is 1.15 bits per heavy atom. The molecular weight excluding hydrogens is 346 g/mol. The molecule has 1 aromatic rings. The zero-order chi connectivity index (χ0) is 14.1. The van der Waals surface area contributed by atoms with Crippen molar-refractivity contribution >= 4 is 40.2 Å². The fourth-order valence-corrected chi connectivity index (χ4v) is 1.84. The van der Waals surface area contributed by atoms with Gasteiger partial charge in [-0.15, -0.1) is 12.4 Å². The average molecular weight is 365 g/mol. The summed E-state index contributed by atoms with van der Waals surface area (Å²) in [5, 5.41) is 8.38. The van der Waals surface area contributed by atoms with Gasteiger partial charge in [0, 0.05) is 36.1 Å². The molecule has 0 heterocycles. The maximum absolute atomic E-state index is 11.8. The third-order valence-electron chi connectivity index (χ3n) is 2.42. The Morgan fingerprint density at radius 3 is 2.50 bits per heavy atom. The minimum absolute atomic E-state index is 0. The number of carbonyl (C=O) groups excluding carboxylic acids is 2. The van der Waals surface area contributed by atoms with Crippen molar-refractivity contribution < 1.29 is 9.59 Å². The zero-order valence-electron chi connectivity index (χ0n) is 11.2. The van der Waals surface area contributed by atoms with Crippen molar-refractivity contribution in [3.8, 4) is 0 Å². The van der Waals surface area contributed by atoms with E-state index in [0.29, 0.717) is 31.6 Å². The first-order chi connectivity index (χ1) is 9.13. The first kappa shape index (κ1) is 18.9. The van der Waals surface area contributed by atoms with Gasteiger partial charge in [-0.05, 0) is 25.2 Å². The van der Waals surface area contributed by atoms with Crippen molar-refractivity contribution in [3.05, 3.63) is 34.3 Å². The molecule has 0 aliphatic heterocycles. The topological polar surface area (TPSA) is 70.2 Å². The fraction of sp³-hybridized carbons (Fsp3) is 0.385. The summed E-state index contributed by atoms with van der Waals surface area (Å²) in [6, 6.07) is 7.16. The Hall–Kier alpha value is -1.11. The van der Waals surface area contributed by atoms with Crippen molar-refractivity contribution in [2.75, 3.05) is 26.7 Å². The molecule has 0 aliphatic carbocycles. The summed E-state index contributed by atoms with van der Waals surface area (Å²) in [5.74, 6) is -0.170. The van der Waals surface area contributed by atoms with Gasteiger partial charge in [0.25, 0.3) is 5.91 Å². The lowest BCUT2D eigenvalue weighted by atomic mass is 10.2. The van der Waals surface area contributed by atoms with Gasteiger partial charge in [-0.25, -0.2) is 0 Å².